The molecule has 188 valence electrons. The lowest BCUT2D eigenvalue weighted by Gasteiger charge is -2.22. The van der Waals surface area contributed by atoms with Crippen molar-refractivity contribution >= 4 is 40.3 Å². The van der Waals surface area contributed by atoms with Gasteiger partial charge in [-0.05, 0) is 35.9 Å². The molecule has 10 heteroatoms. The van der Waals surface area contributed by atoms with Crippen molar-refractivity contribution in [2.24, 2.45) is 12.8 Å². The molecule has 0 saturated carbocycles. The highest BCUT2D eigenvalue weighted by atomic mass is 16.4. The van der Waals surface area contributed by atoms with E-state index < -0.39 is 24.3 Å². The third-order valence-electron chi connectivity index (χ3n) is 5.90. The van der Waals surface area contributed by atoms with E-state index in [4.69, 9.17) is 21.2 Å². The topological polar surface area (TPSA) is 154 Å². The second kappa shape index (κ2) is 10.7. The summed E-state index contributed by atoms with van der Waals surface area (Å²) in [6.45, 7) is -0.867. The second-order valence-electron chi connectivity index (χ2n) is 8.48. The first-order valence-electron chi connectivity index (χ1n) is 11.5. The summed E-state index contributed by atoms with van der Waals surface area (Å²) in [5.74, 6) is -1.36. The number of amides is 2. The molecule has 10 nitrogen and oxygen atoms in total. The first-order valence-corrected chi connectivity index (χ1v) is 11.5. The summed E-state index contributed by atoms with van der Waals surface area (Å²) >= 11 is 0. The lowest BCUT2D eigenvalue weighted by Crippen LogP contribution is -2.42. The van der Waals surface area contributed by atoms with Crippen molar-refractivity contribution in [3.8, 4) is 0 Å². The van der Waals surface area contributed by atoms with Crippen LogP contribution in [0.5, 0.6) is 0 Å². The number of aliphatic carboxylic acids is 1. The Morgan fingerprint density at radius 1 is 1.03 bits per heavy atom. The van der Waals surface area contributed by atoms with Crippen molar-refractivity contribution in [2.75, 3.05) is 18.0 Å². The van der Waals surface area contributed by atoms with Crippen LogP contribution in [0.1, 0.15) is 27.3 Å². The molecule has 0 fully saturated rings. The fourth-order valence-electron chi connectivity index (χ4n) is 3.94. The lowest BCUT2D eigenvalue weighted by atomic mass is 10.1. The number of nitrogens with two attached hydrogens (primary N) is 1. The van der Waals surface area contributed by atoms with Gasteiger partial charge in [0.25, 0.3) is 5.91 Å². The van der Waals surface area contributed by atoms with E-state index in [2.05, 4.69) is 5.32 Å². The van der Waals surface area contributed by atoms with E-state index in [1.54, 1.807) is 54.6 Å². The van der Waals surface area contributed by atoms with Crippen LogP contribution >= 0.6 is 0 Å². The van der Waals surface area contributed by atoms with Crippen molar-refractivity contribution in [1.82, 2.24) is 14.9 Å². The molecule has 0 aliphatic heterocycles. The van der Waals surface area contributed by atoms with Crippen LogP contribution < -0.4 is 16.0 Å². The van der Waals surface area contributed by atoms with Gasteiger partial charge in [0.1, 0.15) is 24.7 Å². The van der Waals surface area contributed by atoms with Crippen LogP contribution in [0.2, 0.25) is 0 Å². The number of carboxylic acids is 1. The highest BCUT2D eigenvalue weighted by molar-refractivity contribution is 6.10. The van der Waals surface area contributed by atoms with E-state index in [-0.39, 0.29) is 12.4 Å². The Morgan fingerprint density at radius 3 is 2.35 bits per heavy atom. The zero-order valence-corrected chi connectivity index (χ0v) is 20.1. The van der Waals surface area contributed by atoms with Crippen LogP contribution in [0.3, 0.4) is 0 Å². The fourth-order valence-corrected chi connectivity index (χ4v) is 3.94. The van der Waals surface area contributed by atoms with Crippen LogP contribution in [0.25, 0.3) is 11.0 Å². The molecule has 0 saturated heterocycles. The summed E-state index contributed by atoms with van der Waals surface area (Å²) in [5.41, 5.74) is 9.51. The van der Waals surface area contributed by atoms with E-state index in [1.807, 2.05) is 29.8 Å². The molecular weight excluding hydrogens is 472 g/mol. The molecular formula is C27H26N6O4. The van der Waals surface area contributed by atoms with Gasteiger partial charge in [-0.3, -0.25) is 24.7 Å². The minimum absolute atomic E-state index is 0.00962. The van der Waals surface area contributed by atoms with E-state index >= 15 is 0 Å². The van der Waals surface area contributed by atoms with Gasteiger partial charge in [0.05, 0.1) is 11.0 Å². The number of carbonyl (C=O) groups excluding carboxylic acids is 2. The zero-order valence-electron chi connectivity index (χ0n) is 20.1. The minimum Gasteiger partial charge on any atom is -0.480 e. The van der Waals surface area contributed by atoms with Crippen LogP contribution in [0.15, 0.2) is 72.8 Å². The molecule has 4 aromatic rings. The largest absolute Gasteiger partial charge is 0.480 e. The molecule has 3 aromatic carbocycles. The molecule has 0 atom stereocenters. The second-order valence-corrected chi connectivity index (χ2v) is 8.48. The highest BCUT2D eigenvalue weighted by Gasteiger charge is 2.22. The maximum Gasteiger partial charge on any atom is 0.322 e. The fraction of sp³-hybridized carbons (Fsp3) is 0.148. The van der Waals surface area contributed by atoms with Gasteiger partial charge in [-0.2, -0.15) is 0 Å². The lowest BCUT2D eigenvalue weighted by molar-refractivity contribution is -0.137. The molecule has 0 bridgehead atoms. The average Bonchev–Trinajstić information content (AvgIpc) is 3.20. The van der Waals surface area contributed by atoms with Gasteiger partial charge >= 0.3 is 5.97 Å². The van der Waals surface area contributed by atoms with E-state index in [0.29, 0.717) is 28.8 Å². The molecule has 0 aliphatic carbocycles. The Hall–Kier alpha value is -4.99. The number of amidine groups is 1. The summed E-state index contributed by atoms with van der Waals surface area (Å²) in [5, 5.41) is 18.7. The molecule has 37 heavy (non-hydrogen) atoms. The first-order chi connectivity index (χ1) is 17.7. The number of carbonyl (C=O) groups is 3. The number of aryl methyl sites for hydroxylation is 1. The average molecular weight is 499 g/mol. The Balaban J connectivity index is 1.60. The van der Waals surface area contributed by atoms with Crippen LogP contribution in [-0.4, -0.2) is 51.4 Å². The molecule has 1 heterocycles. The van der Waals surface area contributed by atoms with E-state index in [9.17, 15) is 14.4 Å². The quantitative estimate of drug-likeness (QED) is 0.205. The number of para-hydroxylation sites is 1. The molecule has 0 spiro atoms. The number of nitrogens with one attached hydrogen (secondary N) is 2. The predicted molar refractivity (Wildman–Crippen MR) is 140 cm³/mol. The molecule has 1 aromatic heterocycles. The van der Waals surface area contributed by atoms with Crippen molar-refractivity contribution in [3.63, 3.8) is 0 Å². The summed E-state index contributed by atoms with van der Waals surface area (Å²) in [4.78, 5) is 42.7. The number of anilines is 1. The number of nitrogens with zero attached hydrogens (tertiary/aromatic N) is 3. The molecule has 5 N–H and O–H groups in total. The Bertz CT molecular complexity index is 1480. The van der Waals surface area contributed by atoms with Crippen molar-refractivity contribution in [3.05, 3.63) is 95.3 Å². The van der Waals surface area contributed by atoms with E-state index in [1.165, 1.54) is 4.90 Å². The van der Waals surface area contributed by atoms with Crippen molar-refractivity contribution in [1.29, 1.82) is 5.41 Å². The SMILES string of the molecule is Cn1c(Cc2ccc(C(=N)N)cc2)nc2cc(C(=O)N(CC(=O)NCC(=O)O)c3ccccc3)ccc21. The number of fused-ring (bicyclic) bond motifs is 1. The number of nitrogen functional groups attached to an aromatic ring is 1. The van der Waals surface area contributed by atoms with Gasteiger partial charge in [-0.25, -0.2) is 4.98 Å². The summed E-state index contributed by atoms with van der Waals surface area (Å²) in [7, 11) is 1.90. The predicted octanol–water partition coefficient (Wildman–Crippen LogP) is 2.30. The number of aromatic nitrogens is 2. The summed E-state index contributed by atoms with van der Waals surface area (Å²) in [6, 6.07) is 21.3. The van der Waals surface area contributed by atoms with Crippen LogP contribution in [0, 0.1) is 5.41 Å². The van der Waals surface area contributed by atoms with Gasteiger partial charge < -0.3 is 20.7 Å². The molecule has 4 rings (SSSR count). The molecule has 0 aliphatic rings. The minimum atomic E-state index is -1.17. The van der Waals surface area contributed by atoms with Gasteiger partial charge in [-0.15, -0.1) is 0 Å². The normalized spacial score (nSPS) is 10.7. The van der Waals surface area contributed by atoms with Crippen LogP contribution in [-0.2, 0) is 23.1 Å². The van der Waals surface area contributed by atoms with Gasteiger partial charge in [-0.1, -0.05) is 42.5 Å². The summed E-state index contributed by atoms with van der Waals surface area (Å²) < 4.78 is 1.96. The van der Waals surface area contributed by atoms with Crippen molar-refractivity contribution < 1.29 is 19.5 Å². The highest BCUT2D eigenvalue weighted by Crippen LogP contribution is 2.22. The van der Waals surface area contributed by atoms with Crippen molar-refractivity contribution in [2.45, 2.75) is 6.42 Å². The Kier molecular flexibility index (Phi) is 7.28. The van der Waals surface area contributed by atoms with Gasteiger partial charge in [0.15, 0.2) is 0 Å². The Labute approximate surface area is 212 Å². The smallest absolute Gasteiger partial charge is 0.322 e. The molecule has 0 radical (unpaired) electrons. The number of benzene rings is 3. The summed E-state index contributed by atoms with van der Waals surface area (Å²) in [6.07, 6.45) is 0.548. The standard InChI is InChI=1S/C27H26N6O4/c1-32-22-12-11-19(14-21(22)31-23(32)13-17-7-9-18(10-8-17)26(28)29)27(37)33(20-5-3-2-4-6-20)16-24(34)30-15-25(35)36/h2-12,14H,13,15-16H2,1H3,(H3,28,29)(H,30,34)(H,35,36). The third-order valence-corrected chi connectivity index (χ3v) is 5.90. The monoisotopic (exact) mass is 498 g/mol. The zero-order chi connectivity index (χ0) is 26.5. The van der Waals surface area contributed by atoms with Gasteiger partial charge in [0.2, 0.25) is 5.91 Å². The number of carboxylic acid groups (broad SMARTS) is 1. The first kappa shape index (κ1) is 25.1. The maximum atomic E-state index is 13.5. The number of hydrogen-bond donors (Lipinski definition) is 4. The van der Waals surface area contributed by atoms with E-state index in [0.717, 1.165) is 16.9 Å². The number of imidazole rings is 1. The van der Waals surface area contributed by atoms with Crippen LogP contribution in [0.4, 0.5) is 5.69 Å². The Morgan fingerprint density at radius 2 is 1.70 bits per heavy atom. The number of hydrogen-bond acceptors (Lipinski definition) is 5. The molecule has 0 unspecified atom stereocenters. The maximum absolute atomic E-state index is 13.5. The number of rotatable bonds is 9. The van der Waals surface area contributed by atoms with Gasteiger partial charge in [0, 0.05) is 30.3 Å². The third kappa shape index (κ3) is 5.81. The molecule has 2 amide bonds.